The van der Waals surface area contributed by atoms with Crippen molar-refractivity contribution in [3.05, 3.63) is 29.8 Å². The van der Waals surface area contributed by atoms with Gasteiger partial charge in [0.15, 0.2) is 0 Å². The zero-order valence-corrected chi connectivity index (χ0v) is 14.1. The first-order chi connectivity index (χ1) is 10.3. The van der Waals surface area contributed by atoms with Gasteiger partial charge in [0.05, 0.1) is 12.2 Å². The maximum absolute atomic E-state index is 12.2. The summed E-state index contributed by atoms with van der Waals surface area (Å²) in [6, 6.07) is 3.99. The number of anilines is 1. The van der Waals surface area contributed by atoms with E-state index in [0.29, 0.717) is 5.82 Å². The minimum atomic E-state index is -3.68. The molecule has 120 valence electrons. The maximum Gasteiger partial charge on any atom is 0.250 e. The topological polar surface area (TPSA) is 93.1 Å². The van der Waals surface area contributed by atoms with Crippen LogP contribution < -0.4 is 10.0 Å². The molecular formula is C13H18N4O3S2. The molecule has 9 heteroatoms. The first-order valence-corrected chi connectivity index (χ1v) is 9.08. The number of nitrogens with one attached hydrogen (secondary N) is 2. The van der Waals surface area contributed by atoms with E-state index in [1.807, 2.05) is 13.8 Å². The predicted octanol–water partition coefficient (Wildman–Crippen LogP) is 1.83. The van der Waals surface area contributed by atoms with Gasteiger partial charge in [0.25, 0.3) is 10.0 Å². The SMILES string of the molecule is CC(C)n1nccc1NC(=O)[C@H](C)NS(=O)(=O)c1cccs1. The Morgan fingerprint density at radius 2 is 2.05 bits per heavy atom. The molecule has 0 unspecified atom stereocenters. The third kappa shape index (κ3) is 3.73. The molecule has 0 aliphatic heterocycles. The van der Waals surface area contributed by atoms with Crippen LogP contribution in [0.5, 0.6) is 0 Å². The molecule has 0 bridgehead atoms. The van der Waals surface area contributed by atoms with E-state index in [1.165, 1.54) is 13.0 Å². The van der Waals surface area contributed by atoms with E-state index in [-0.39, 0.29) is 10.3 Å². The standard InChI is InChI=1S/C13H18N4O3S2/c1-9(2)17-11(6-7-14-17)15-13(18)10(3)16-22(19,20)12-5-4-8-21-12/h4-10,16H,1-3H3,(H,15,18)/t10-/m0/s1. The Morgan fingerprint density at radius 3 is 2.64 bits per heavy atom. The molecule has 22 heavy (non-hydrogen) atoms. The summed E-state index contributed by atoms with van der Waals surface area (Å²) in [6.07, 6.45) is 1.58. The van der Waals surface area contributed by atoms with Gasteiger partial charge in [-0.2, -0.15) is 9.82 Å². The highest BCUT2D eigenvalue weighted by Gasteiger charge is 2.23. The van der Waals surface area contributed by atoms with Gasteiger partial charge in [-0.15, -0.1) is 11.3 Å². The van der Waals surface area contributed by atoms with Crippen molar-refractivity contribution in [2.75, 3.05) is 5.32 Å². The molecule has 0 saturated heterocycles. The highest BCUT2D eigenvalue weighted by Crippen LogP contribution is 2.16. The average molecular weight is 342 g/mol. The lowest BCUT2D eigenvalue weighted by molar-refractivity contribution is -0.117. The molecule has 2 aromatic heterocycles. The molecular weight excluding hydrogens is 324 g/mol. The molecule has 2 aromatic rings. The summed E-state index contributed by atoms with van der Waals surface area (Å²) in [5, 5.41) is 8.45. The summed E-state index contributed by atoms with van der Waals surface area (Å²) >= 11 is 1.10. The normalized spacial score (nSPS) is 13.3. The number of thiophene rings is 1. The fourth-order valence-electron chi connectivity index (χ4n) is 1.82. The van der Waals surface area contributed by atoms with Crippen LogP contribution in [0.4, 0.5) is 5.82 Å². The number of sulfonamides is 1. The van der Waals surface area contributed by atoms with Gasteiger partial charge in [-0.3, -0.25) is 4.79 Å². The molecule has 7 nitrogen and oxygen atoms in total. The van der Waals surface area contributed by atoms with Crippen molar-refractivity contribution < 1.29 is 13.2 Å². The van der Waals surface area contributed by atoms with Crippen LogP contribution in [0.1, 0.15) is 26.8 Å². The Labute approximate surface area is 133 Å². The number of hydrogen-bond acceptors (Lipinski definition) is 5. The third-order valence-electron chi connectivity index (χ3n) is 2.90. The Balaban J connectivity index is 2.05. The molecule has 0 spiro atoms. The Hall–Kier alpha value is -1.71. The second kappa shape index (κ2) is 6.59. The van der Waals surface area contributed by atoms with Gasteiger partial charge in [0.1, 0.15) is 10.0 Å². The highest BCUT2D eigenvalue weighted by atomic mass is 32.2. The molecule has 1 atom stereocenters. The number of hydrogen-bond donors (Lipinski definition) is 2. The maximum atomic E-state index is 12.2. The lowest BCUT2D eigenvalue weighted by atomic mass is 10.3. The summed E-state index contributed by atoms with van der Waals surface area (Å²) in [6.45, 7) is 5.37. The van der Waals surface area contributed by atoms with Crippen LogP contribution in [0.15, 0.2) is 34.0 Å². The van der Waals surface area contributed by atoms with Gasteiger partial charge < -0.3 is 5.32 Å². The fraction of sp³-hybridized carbons (Fsp3) is 0.385. The van der Waals surface area contributed by atoms with Gasteiger partial charge in [-0.05, 0) is 32.2 Å². The third-order valence-corrected chi connectivity index (χ3v) is 5.83. The molecule has 1 amide bonds. The number of carbonyl (C=O) groups is 1. The van der Waals surface area contributed by atoms with Crippen molar-refractivity contribution in [2.24, 2.45) is 0 Å². The van der Waals surface area contributed by atoms with E-state index < -0.39 is 22.0 Å². The summed E-state index contributed by atoms with van der Waals surface area (Å²) in [7, 11) is -3.68. The van der Waals surface area contributed by atoms with Crippen molar-refractivity contribution in [1.29, 1.82) is 0 Å². The number of carbonyl (C=O) groups excluding carboxylic acids is 1. The largest absolute Gasteiger partial charge is 0.310 e. The molecule has 0 radical (unpaired) electrons. The highest BCUT2D eigenvalue weighted by molar-refractivity contribution is 7.91. The van der Waals surface area contributed by atoms with Crippen molar-refractivity contribution in [3.8, 4) is 0 Å². The molecule has 2 rings (SSSR count). The minimum Gasteiger partial charge on any atom is -0.310 e. The summed E-state index contributed by atoms with van der Waals surface area (Å²) in [5.41, 5.74) is 0. The van der Waals surface area contributed by atoms with Crippen molar-refractivity contribution in [3.63, 3.8) is 0 Å². The molecule has 2 N–H and O–H groups in total. The molecule has 0 aliphatic rings. The monoisotopic (exact) mass is 342 g/mol. The zero-order valence-electron chi connectivity index (χ0n) is 12.5. The lowest BCUT2D eigenvalue weighted by Gasteiger charge is -2.16. The van der Waals surface area contributed by atoms with Crippen LogP contribution in [0.3, 0.4) is 0 Å². The molecule has 0 fully saturated rings. The molecule has 0 saturated carbocycles. The lowest BCUT2D eigenvalue weighted by Crippen LogP contribution is -2.41. The van der Waals surface area contributed by atoms with Crippen LogP contribution in [0.25, 0.3) is 0 Å². The fourth-order valence-corrected chi connectivity index (χ4v) is 4.03. The summed E-state index contributed by atoms with van der Waals surface area (Å²) < 4.78 is 28.4. The molecule has 0 aromatic carbocycles. The Bertz CT molecular complexity index is 735. The van der Waals surface area contributed by atoms with Gasteiger partial charge in [0.2, 0.25) is 5.91 Å². The number of rotatable bonds is 6. The van der Waals surface area contributed by atoms with Crippen molar-refractivity contribution >= 4 is 33.1 Å². The van der Waals surface area contributed by atoms with Crippen molar-refractivity contribution in [1.82, 2.24) is 14.5 Å². The minimum absolute atomic E-state index is 0.0865. The van der Waals surface area contributed by atoms with Gasteiger partial charge in [-0.25, -0.2) is 13.1 Å². The first kappa shape index (κ1) is 16.7. The van der Waals surface area contributed by atoms with E-state index in [2.05, 4.69) is 15.1 Å². The number of aromatic nitrogens is 2. The zero-order chi connectivity index (χ0) is 16.3. The van der Waals surface area contributed by atoms with E-state index in [1.54, 1.807) is 28.4 Å². The van der Waals surface area contributed by atoms with E-state index in [4.69, 9.17) is 0 Å². The van der Waals surface area contributed by atoms with Crippen LogP contribution in [-0.4, -0.2) is 30.1 Å². The van der Waals surface area contributed by atoms with Crippen LogP contribution >= 0.6 is 11.3 Å². The molecule has 0 aliphatic carbocycles. The quantitative estimate of drug-likeness (QED) is 0.837. The average Bonchev–Trinajstić information content (AvgIpc) is 3.09. The van der Waals surface area contributed by atoms with E-state index in [9.17, 15) is 13.2 Å². The van der Waals surface area contributed by atoms with Crippen LogP contribution in [0, 0.1) is 0 Å². The summed E-state index contributed by atoms with van der Waals surface area (Å²) in [4.78, 5) is 12.2. The summed E-state index contributed by atoms with van der Waals surface area (Å²) in [5.74, 6) is 0.0877. The van der Waals surface area contributed by atoms with Gasteiger partial charge in [-0.1, -0.05) is 6.07 Å². The first-order valence-electron chi connectivity index (χ1n) is 6.71. The smallest absolute Gasteiger partial charge is 0.250 e. The van der Waals surface area contributed by atoms with Crippen molar-refractivity contribution in [2.45, 2.75) is 37.1 Å². The second-order valence-corrected chi connectivity index (χ2v) is 7.91. The second-order valence-electron chi connectivity index (χ2n) is 5.02. The van der Waals surface area contributed by atoms with E-state index >= 15 is 0 Å². The number of nitrogens with zero attached hydrogens (tertiary/aromatic N) is 2. The van der Waals surface area contributed by atoms with Gasteiger partial charge in [0, 0.05) is 12.1 Å². The van der Waals surface area contributed by atoms with Gasteiger partial charge >= 0.3 is 0 Å². The number of amides is 1. The molecule has 2 heterocycles. The van der Waals surface area contributed by atoms with Crippen LogP contribution in [0.2, 0.25) is 0 Å². The Morgan fingerprint density at radius 1 is 1.32 bits per heavy atom. The van der Waals surface area contributed by atoms with Crippen LogP contribution in [-0.2, 0) is 14.8 Å². The predicted molar refractivity (Wildman–Crippen MR) is 85.3 cm³/mol. The Kier molecular flexibility index (Phi) is 4.99. The van der Waals surface area contributed by atoms with E-state index in [0.717, 1.165) is 11.3 Å².